The highest BCUT2D eigenvalue weighted by Gasteiger charge is 2.08. The predicted molar refractivity (Wildman–Crippen MR) is 73.0 cm³/mol. The molecule has 0 atom stereocenters. The molecule has 2 aromatic carbocycles. The summed E-state index contributed by atoms with van der Waals surface area (Å²) in [6.07, 6.45) is 0. The molecule has 0 aliphatic carbocycles. The first-order chi connectivity index (χ1) is 9.09. The zero-order valence-corrected chi connectivity index (χ0v) is 10.3. The van der Waals surface area contributed by atoms with Crippen LogP contribution >= 0.6 is 0 Å². The van der Waals surface area contributed by atoms with E-state index in [9.17, 15) is 0 Å². The summed E-state index contributed by atoms with van der Waals surface area (Å²) >= 11 is 0. The second-order valence-corrected chi connectivity index (χ2v) is 4.04. The number of pyridine rings is 1. The van der Waals surface area contributed by atoms with Crippen LogP contribution in [0, 0.1) is 15.3 Å². The maximum atomic E-state index is 8.25. The highest BCUT2D eigenvalue weighted by atomic mass is 16.9. The monoisotopic (exact) mass is 256 g/mol. The first kappa shape index (κ1) is 12.8. The molecule has 0 amide bonds. The fourth-order valence-electron chi connectivity index (χ4n) is 2.13. The number of aromatic nitrogens is 1. The van der Waals surface area contributed by atoms with Crippen molar-refractivity contribution >= 4 is 21.8 Å². The Morgan fingerprint density at radius 1 is 0.895 bits per heavy atom. The fraction of sp³-hybridized carbons (Fsp3) is 0.0714. The molecule has 19 heavy (non-hydrogen) atoms. The molecule has 0 bridgehead atoms. The summed E-state index contributed by atoms with van der Waals surface area (Å²) in [7, 11) is 2.12. The molecular formula is C14H12N2O3. The van der Waals surface area contributed by atoms with Crippen LogP contribution in [0.5, 0.6) is 0 Å². The van der Waals surface area contributed by atoms with E-state index in [4.69, 9.17) is 15.3 Å². The van der Waals surface area contributed by atoms with Crippen LogP contribution in [0.3, 0.4) is 0 Å². The van der Waals surface area contributed by atoms with Crippen molar-refractivity contribution in [1.29, 1.82) is 0 Å². The molecule has 96 valence electrons. The van der Waals surface area contributed by atoms with Gasteiger partial charge in [-0.3, -0.25) is 0 Å². The summed E-state index contributed by atoms with van der Waals surface area (Å²) in [5, 5.41) is 17.3. The molecule has 0 N–H and O–H groups in total. The molecule has 0 saturated carbocycles. The van der Waals surface area contributed by atoms with Crippen molar-refractivity contribution in [3.05, 3.63) is 69.9 Å². The van der Waals surface area contributed by atoms with Crippen LogP contribution in [0.25, 0.3) is 21.8 Å². The molecule has 0 spiro atoms. The third kappa shape index (κ3) is 2.77. The zero-order valence-electron chi connectivity index (χ0n) is 10.3. The number of hydrogen-bond donors (Lipinski definition) is 0. The van der Waals surface area contributed by atoms with E-state index in [0.29, 0.717) is 0 Å². The quantitative estimate of drug-likeness (QED) is 0.268. The molecule has 0 unspecified atom stereocenters. The number of fused-ring (bicyclic) bond motifs is 2. The minimum absolute atomic E-state index is 1.27. The summed E-state index contributed by atoms with van der Waals surface area (Å²) in [5.41, 5.74) is 2.55. The molecule has 1 aromatic heterocycles. The van der Waals surface area contributed by atoms with E-state index >= 15 is 0 Å². The lowest BCUT2D eigenvalue weighted by Crippen LogP contribution is -2.29. The van der Waals surface area contributed by atoms with Crippen LogP contribution in [0.2, 0.25) is 0 Å². The highest BCUT2D eigenvalue weighted by molar-refractivity contribution is 5.88. The second-order valence-electron chi connectivity index (χ2n) is 4.04. The predicted octanol–water partition coefficient (Wildman–Crippen LogP) is 2.58. The minimum atomic E-state index is -1.75. The summed E-state index contributed by atoms with van der Waals surface area (Å²) in [4.78, 5) is 8.25. The third-order valence-corrected chi connectivity index (χ3v) is 2.91. The maximum Gasteiger partial charge on any atom is 0.212 e. The number of nitrogens with zero attached hydrogens (tertiary/aromatic N) is 2. The van der Waals surface area contributed by atoms with E-state index < -0.39 is 5.09 Å². The van der Waals surface area contributed by atoms with Crippen LogP contribution < -0.4 is 4.57 Å². The van der Waals surface area contributed by atoms with Gasteiger partial charge in [-0.15, -0.1) is 0 Å². The van der Waals surface area contributed by atoms with Crippen LogP contribution in [0.15, 0.2) is 54.6 Å². The molecule has 0 aliphatic heterocycles. The van der Waals surface area contributed by atoms with Gasteiger partial charge in [0.1, 0.15) is 7.05 Å². The lowest BCUT2D eigenvalue weighted by Gasteiger charge is -2.00. The van der Waals surface area contributed by atoms with Gasteiger partial charge in [0, 0.05) is 22.9 Å². The second kappa shape index (κ2) is 5.30. The Morgan fingerprint density at radius 3 is 1.68 bits per heavy atom. The molecule has 5 nitrogen and oxygen atoms in total. The number of rotatable bonds is 0. The minimum Gasteiger partial charge on any atom is -0.356 e. The summed E-state index contributed by atoms with van der Waals surface area (Å²) in [5.74, 6) is 0. The van der Waals surface area contributed by atoms with Crippen LogP contribution in [0.1, 0.15) is 0 Å². The van der Waals surface area contributed by atoms with E-state index in [-0.39, 0.29) is 0 Å². The Morgan fingerprint density at radius 2 is 1.26 bits per heavy atom. The van der Waals surface area contributed by atoms with Crippen molar-refractivity contribution in [1.82, 2.24) is 0 Å². The summed E-state index contributed by atoms with van der Waals surface area (Å²) in [6.45, 7) is 0. The van der Waals surface area contributed by atoms with Gasteiger partial charge in [0.05, 0.1) is 5.09 Å². The molecule has 0 radical (unpaired) electrons. The highest BCUT2D eigenvalue weighted by Crippen LogP contribution is 2.16. The van der Waals surface area contributed by atoms with Crippen molar-refractivity contribution in [2.24, 2.45) is 7.05 Å². The molecule has 3 rings (SSSR count). The smallest absolute Gasteiger partial charge is 0.212 e. The van der Waals surface area contributed by atoms with Crippen LogP contribution in [-0.4, -0.2) is 5.09 Å². The largest absolute Gasteiger partial charge is 0.356 e. The molecule has 0 saturated heterocycles. The van der Waals surface area contributed by atoms with Gasteiger partial charge in [-0.05, 0) is 18.2 Å². The van der Waals surface area contributed by atoms with Gasteiger partial charge in [0.25, 0.3) is 0 Å². The lowest BCUT2D eigenvalue weighted by molar-refractivity contribution is -0.617. The Bertz CT molecular complexity index is 683. The van der Waals surface area contributed by atoms with E-state index in [1.165, 1.54) is 21.8 Å². The van der Waals surface area contributed by atoms with Gasteiger partial charge in [-0.2, -0.15) is 4.57 Å². The summed E-state index contributed by atoms with van der Waals surface area (Å²) in [6, 6.07) is 19.2. The van der Waals surface area contributed by atoms with E-state index in [1.54, 1.807) is 0 Å². The van der Waals surface area contributed by atoms with E-state index in [1.807, 2.05) is 0 Å². The van der Waals surface area contributed by atoms with Crippen molar-refractivity contribution in [3.63, 3.8) is 0 Å². The van der Waals surface area contributed by atoms with E-state index in [0.717, 1.165) is 0 Å². The zero-order chi connectivity index (χ0) is 13.8. The Kier molecular flexibility index (Phi) is 3.56. The van der Waals surface area contributed by atoms with Crippen molar-refractivity contribution in [2.45, 2.75) is 0 Å². The van der Waals surface area contributed by atoms with E-state index in [2.05, 4.69) is 66.2 Å². The lowest BCUT2D eigenvalue weighted by atomic mass is 10.1. The Balaban J connectivity index is 0.000000297. The van der Waals surface area contributed by atoms with Gasteiger partial charge in [-0.25, -0.2) is 0 Å². The fourth-order valence-corrected chi connectivity index (χ4v) is 2.13. The summed E-state index contributed by atoms with van der Waals surface area (Å²) < 4.78 is 2.24. The van der Waals surface area contributed by atoms with Gasteiger partial charge < -0.3 is 15.3 Å². The third-order valence-electron chi connectivity index (χ3n) is 2.91. The molecule has 0 fully saturated rings. The van der Waals surface area contributed by atoms with Gasteiger partial charge in [0.15, 0.2) is 0 Å². The SMILES string of the molecule is C[n+]1c2ccccc2cc2ccccc21.O=[N+]([O-])[O-]. The number of benzene rings is 2. The first-order valence-electron chi connectivity index (χ1n) is 5.67. The topological polar surface area (TPSA) is 70.1 Å². The molecular weight excluding hydrogens is 244 g/mol. The van der Waals surface area contributed by atoms with Crippen molar-refractivity contribution in [3.8, 4) is 0 Å². The van der Waals surface area contributed by atoms with Gasteiger partial charge >= 0.3 is 0 Å². The van der Waals surface area contributed by atoms with Gasteiger partial charge in [-0.1, -0.05) is 24.3 Å². The van der Waals surface area contributed by atoms with Gasteiger partial charge in [0.2, 0.25) is 11.0 Å². The molecule has 5 heteroatoms. The molecule has 3 aromatic rings. The molecule has 1 heterocycles. The molecule has 0 aliphatic rings. The first-order valence-corrected chi connectivity index (χ1v) is 5.67. The maximum absolute atomic E-state index is 8.25. The average molecular weight is 256 g/mol. The number of hydrogen-bond acceptors (Lipinski definition) is 3. The number of para-hydroxylation sites is 2. The van der Waals surface area contributed by atoms with Crippen LogP contribution in [0.4, 0.5) is 0 Å². The average Bonchev–Trinajstić information content (AvgIpc) is 2.38. The Hall–Kier alpha value is -2.69. The van der Waals surface area contributed by atoms with Crippen LogP contribution in [-0.2, 0) is 7.05 Å². The Labute approximate surface area is 109 Å². The normalized spacial score (nSPS) is 9.95. The van der Waals surface area contributed by atoms with Crippen molar-refractivity contribution < 1.29 is 9.65 Å². The standard InChI is InChI=1S/C14H12N.NO3/c1-15-13-8-4-2-6-11(13)10-12-7-3-5-9-14(12)15;2-1(3)4/h2-10H,1H3;/q+1;-1. The van der Waals surface area contributed by atoms with Crippen molar-refractivity contribution in [2.75, 3.05) is 0 Å². The number of aryl methyl sites for hydroxylation is 1.